The van der Waals surface area contributed by atoms with Gasteiger partial charge in [-0.25, -0.2) is 4.79 Å². The number of carbonyl (C=O) groups excluding carboxylic acids is 2. The summed E-state index contributed by atoms with van der Waals surface area (Å²) in [4.78, 5) is 22.4. The van der Waals surface area contributed by atoms with Gasteiger partial charge in [0.25, 0.3) is 0 Å². The second-order valence-electron chi connectivity index (χ2n) is 3.40. The average Bonchev–Trinajstić information content (AvgIpc) is 2.35. The summed E-state index contributed by atoms with van der Waals surface area (Å²) >= 11 is 3.21. The van der Waals surface area contributed by atoms with Crippen molar-refractivity contribution in [3.63, 3.8) is 0 Å². The number of carbonyl (C=O) groups is 2. The average molecular weight is 300 g/mol. The highest BCUT2D eigenvalue weighted by molar-refractivity contribution is 9.09. The normalized spacial score (nSPS) is 9.71. The van der Waals surface area contributed by atoms with Crippen LogP contribution in [0.25, 0.3) is 0 Å². The maximum Gasteiger partial charge on any atom is 0.414 e. The van der Waals surface area contributed by atoms with Crippen LogP contribution in [-0.2, 0) is 16.1 Å². The van der Waals surface area contributed by atoms with Crippen molar-refractivity contribution in [2.24, 2.45) is 0 Å². The summed E-state index contributed by atoms with van der Waals surface area (Å²) in [6, 6.07) is 9.29. The van der Waals surface area contributed by atoms with Gasteiger partial charge in [-0.3, -0.25) is 10.1 Å². The van der Waals surface area contributed by atoms with Crippen molar-refractivity contribution in [1.82, 2.24) is 5.32 Å². The van der Waals surface area contributed by atoms with Gasteiger partial charge in [0, 0.05) is 11.8 Å². The van der Waals surface area contributed by atoms with Gasteiger partial charge in [0.1, 0.15) is 6.61 Å². The molecule has 1 aromatic carbocycles. The van der Waals surface area contributed by atoms with E-state index >= 15 is 0 Å². The largest absolute Gasteiger partial charge is 0.444 e. The summed E-state index contributed by atoms with van der Waals surface area (Å²) in [6.07, 6.45) is 0.303. The van der Waals surface area contributed by atoms with Crippen LogP contribution in [0.1, 0.15) is 18.4 Å². The summed E-state index contributed by atoms with van der Waals surface area (Å²) in [5, 5.41) is 2.90. The highest BCUT2D eigenvalue weighted by atomic mass is 79.9. The lowest BCUT2D eigenvalue weighted by Crippen LogP contribution is -2.30. The molecular weight excluding hydrogens is 286 g/mol. The number of hydrogen-bond acceptors (Lipinski definition) is 3. The standard InChI is InChI=1S/C12H14BrNO3/c13-8-4-7-11(15)14-12(16)17-9-10-5-2-1-3-6-10/h1-3,5-6H,4,7-9H2,(H,14,15,16). The molecule has 0 saturated carbocycles. The molecule has 17 heavy (non-hydrogen) atoms. The fourth-order valence-electron chi connectivity index (χ4n) is 1.16. The predicted molar refractivity (Wildman–Crippen MR) is 67.8 cm³/mol. The lowest BCUT2D eigenvalue weighted by molar-refractivity contribution is -0.120. The molecular formula is C12H14BrNO3. The van der Waals surface area contributed by atoms with E-state index in [1.165, 1.54) is 0 Å². The summed E-state index contributed by atoms with van der Waals surface area (Å²) in [5.74, 6) is -0.317. The molecule has 0 aliphatic heterocycles. The van der Waals surface area contributed by atoms with E-state index < -0.39 is 6.09 Å². The van der Waals surface area contributed by atoms with E-state index in [2.05, 4.69) is 21.2 Å². The molecule has 0 unspecified atom stereocenters. The highest BCUT2D eigenvalue weighted by Gasteiger charge is 2.08. The topological polar surface area (TPSA) is 55.4 Å². The summed E-state index contributed by atoms with van der Waals surface area (Å²) in [7, 11) is 0. The SMILES string of the molecule is O=C(CCCBr)NC(=O)OCc1ccccc1. The molecule has 0 fully saturated rings. The Labute approximate surface area is 108 Å². The third-order valence-electron chi connectivity index (χ3n) is 1.99. The molecule has 92 valence electrons. The van der Waals surface area contributed by atoms with Gasteiger partial charge in [-0.05, 0) is 12.0 Å². The van der Waals surface area contributed by atoms with Crippen molar-refractivity contribution >= 4 is 27.9 Å². The first-order chi connectivity index (χ1) is 8.22. The Hall–Kier alpha value is -1.36. The molecule has 4 nitrogen and oxygen atoms in total. The summed E-state index contributed by atoms with van der Waals surface area (Å²) in [5.41, 5.74) is 0.885. The molecule has 5 heteroatoms. The number of alkyl halides is 1. The lowest BCUT2D eigenvalue weighted by Gasteiger charge is -2.05. The first kappa shape index (κ1) is 13.7. The van der Waals surface area contributed by atoms with Crippen LogP contribution in [0.3, 0.4) is 0 Å². The second-order valence-corrected chi connectivity index (χ2v) is 4.20. The van der Waals surface area contributed by atoms with Crippen LogP contribution in [0.15, 0.2) is 30.3 Å². The van der Waals surface area contributed by atoms with E-state index in [1.54, 1.807) is 0 Å². The molecule has 0 atom stereocenters. The zero-order valence-corrected chi connectivity index (χ0v) is 10.9. The third kappa shape index (κ3) is 6.06. The Bertz CT molecular complexity index is 367. The zero-order chi connectivity index (χ0) is 12.5. The summed E-state index contributed by atoms with van der Waals surface area (Å²) < 4.78 is 4.90. The number of ether oxygens (including phenoxy) is 1. The molecule has 0 aliphatic rings. The van der Waals surface area contributed by atoms with E-state index in [1.807, 2.05) is 30.3 Å². The van der Waals surface area contributed by atoms with E-state index in [4.69, 9.17) is 4.74 Å². The van der Waals surface area contributed by atoms with Crippen molar-refractivity contribution in [2.75, 3.05) is 5.33 Å². The van der Waals surface area contributed by atoms with Crippen LogP contribution < -0.4 is 5.32 Å². The Morgan fingerprint density at radius 1 is 1.24 bits per heavy atom. The molecule has 1 aromatic rings. The molecule has 2 amide bonds. The van der Waals surface area contributed by atoms with Crippen LogP contribution in [-0.4, -0.2) is 17.3 Å². The molecule has 0 heterocycles. The molecule has 0 aromatic heterocycles. The van der Waals surface area contributed by atoms with E-state index in [0.717, 1.165) is 10.9 Å². The fourth-order valence-corrected chi connectivity index (χ4v) is 1.44. The van der Waals surface area contributed by atoms with Crippen molar-refractivity contribution in [2.45, 2.75) is 19.4 Å². The van der Waals surface area contributed by atoms with Gasteiger partial charge in [-0.15, -0.1) is 0 Å². The van der Waals surface area contributed by atoms with Gasteiger partial charge in [0.2, 0.25) is 5.91 Å². The molecule has 0 bridgehead atoms. The first-order valence-electron chi connectivity index (χ1n) is 5.29. The van der Waals surface area contributed by atoms with Crippen molar-refractivity contribution in [3.8, 4) is 0 Å². The minimum atomic E-state index is -0.701. The highest BCUT2D eigenvalue weighted by Crippen LogP contribution is 2.00. The molecule has 0 radical (unpaired) electrons. The zero-order valence-electron chi connectivity index (χ0n) is 9.32. The van der Waals surface area contributed by atoms with Crippen LogP contribution >= 0.6 is 15.9 Å². The van der Waals surface area contributed by atoms with Crippen LogP contribution in [0.5, 0.6) is 0 Å². The predicted octanol–water partition coefficient (Wildman–Crippen LogP) is 2.61. The minimum absolute atomic E-state index is 0.165. The maximum absolute atomic E-state index is 11.2. The monoisotopic (exact) mass is 299 g/mol. The first-order valence-corrected chi connectivity index (χ1v) is 6.41. The quantitative estimate of drug-likeness (QED) is 0.850. The van der Waals surface area contributed by atoms with Gasteiger partial charge < -0.3 is 4.74 Å². The van der Waals surface area contributed by atoms with Crippen LogP contribution in [0, 0.1) is 0 Å². The summed E-state index contributed by atoms with van der Waals surface area (Å²) in [6.45, 7) is 0.165. The number of rotatable bonds is 5. The molecule has 0 saturated heterocycles. The van der Waals surface area contributed by atoms with Crippen LogP contribution in [0.4, 0.5) is 4.79 Å². The fraction of sp³-hybridized carbons (Fsp3) is 0.333. The Kier molecular flexibility index (Phi) is 6.32. The Morgan fingerprint density at radius 2 is 1.94 bits per heavy atom. The van der Waals surface area contributed by atoms with Crippen molar-refractivity contribution < 1.29 is 14.3 Å². The molecule has 0 aliphatic carbocycles. The van der Waals surface area contributed by atoms with E-state index in [-0.39, 0.29) is 12.5 Å². The molecule has 1 N–H and O–H groups in total. The third-order valence-corrected chi connectivity index (χ3v) is 2.55. The number of imide groups is 1. The smallest absolute Gasteiger partial charge is 0.414 e. The van der Waals surface area contributed by atoms with Gasteiger partial charge >= 0.3 is 6.09 Å². The maximum atomic E-state index is 11.2. The number of nitrogens with one attached hydrogen (secondary N) is 1. The number of alkyl carbamates (subject to hydrolysis) is 1. The van der Waals surface area contributed by atoms with Gasteiger partial charge in [0.15, 0.2) is 0 Å². The number of amides is 2. The van der Waals surface area contributed by atoms with E-state index in [9.17, 15) is 9.59 Å². The lowest BCUT2D eigenvalue weighted by atomic mass is 10.2. The number of halogens is 1. The second kappa shape index (κ2) is 7.84. The van der Waals surface area contributed by atoms with E-state index in [0.29, 0.717) is 12.8 Å². The van der Waals surface area contributed by atoms with Crippen molar-refractivity contribution in [1.29, 1.82) is 0 Å². The number of benzene rings is 1. The van der Waals surface area contributed by atoms with Gasteiger partial charge in [-0.1, -0.05) is 46.3 Å². The number of hydrogen-bond donors (Lipinski definition) is 1. The van der Waals surface area contributed by atoms with Gasteiger partial charge in [0.05, 0.1) is 0 Å². The van der Waals surface area contributed by atoms with Crippen molar-refractivity contribution in [3.05, 3.63) is 35.9 Å². The van der Waals surface area contributed by atoms with Gasteiger partial charge in [-0.2, -0.15) is 0 Å². The minimum Gasteiger partial charge on any atom is -0.444 e. The molecule has 1 rings (SSSR count). The van der Waals surface area contributed by atoms with Crippen LogP contribution in [0.2, 0.25) is 0 Å². The molecule has 0 spiro atoms. The Morgan fingerprint density at radius 3 is 2.59 bits per heavy atom. The Balaban J connectivity index is 2.24.